The van der Waals surface area contributed by atoms with Crippen LogP contribution < -0.4 is 0 Å². The minimum Gasteiger partial charge on any atom is -0.231 e. The number of alkyl halides is 3. The van der Waals surface area contributed by atoms with Crippen LogP contribution in [0.2, 0.25) is 0 Å². The zero-order valence-electron chi connectivity index (χ0n) is 10.3. The van der Waals surface area contributed by atoms with E-state index in [1.807, 2.05) is 0 Å². The Hall–Kier alpha value is -2.07. The van der Waals surface area contributed by atoms with Crippen LogP contribution in [-0.2, 0) is 6.18 Å². The van der Waals surface area contributed by atoms with Gasteiger partial charge in [0, 0.05) is 16.8 Å². The van der Waals surface area contributed by atoms with Gasteiger partial charge in [0.1, 0.15) is 6.07 Å². The van der Waals surface area contributed by atoms with E-state index in [-0.39, 0.29) is 5.56 Å². The standard InChI is InChI=1S/C13H8F3N3S/c1-8-4-5-18-12(19-8)20-11-3-2-10(13(14,15)16)6-9(11)7-17/h2-6H,1H3. The van der Waals surface area contributed by atoms with Gasteiger partial charge in [-0.25, -0.2) is 9.97 Å². The highest BCUT2D eigenvalue weighted by atomic mass is 32.2. The molecule has 3 nitrogen and oxygen atoms in total. The van der Waals surface area contributed by atoms with Crippen molar-refractivity contribution >= 4 is 11.8 Å². The van der Waals surface area contributed by atoms with E-state index in [1.54, 1.807) is 25.3 Å². The normalized spacial score (nSPS) is 11.2. The first-order valence-electron chi connectivity index (χ1n) is 5.49. The van der Waals surface area contributed by atoms with Gasteiger partial charge in [0.15, 0.2) is 5.16 Å². The SMILES string of the molecule is Cc1ccnc(Sc2ccc(C(F)(F)F)cc2C#N)n1. The van der Waals surface area contributed by atoms with Crippen LogP contribution in [0, 0.1) is 18.3 Å². The van der Waals surface area contributed by atoms with E-state index >= 15 is 0 Å². The molecule has 20 heavy (non-hydrogen) atoms. The first-order valence-corrected chi connectivity index (χ1v) is 6.30. The highest BCUT2D eigenvalue weighted by molar-refractivity contribution is 7.99. The topological polar surface area (TPSA) is 49.6 Å². The van der Waals surface area contributed by atoms with E-state index in [2.05, 4.69) is 9.97 Å². The van der Waals surface area contributed by atoms with Gasteiger partial charge < -0.3 is 0 Å². The van der Waals surface area contributed by atoms with E-state index in [1.165, 1.54) is 6.07 Å². The third-order valence-corrected chi connectivity index (χ3v) is 3.36. The molecule has 0 N–H and O–H groups in total. The second-order valence-electron chi connectivity index (χ2n) is 3.90. The summed E-state index contributed by atoms with van der Waals surface area (Å²) in [5, 5.41) is 9.36. The Kier molecular flexibility index (Phi) is 3.95. The summed E-state index contributed by atoms with van der Waals surface area (Å²) < 4.78 is 37.7. The summed E-state index contributed by atoms with van der Waals surface area (Å²) in [4.78, 5) is 8.53. The van der Waals surface area contributed by atoms with Gasteiger partial charge in [0.05, 0.1) is 11.1 Å². The van der Waals surface area contributed by atoms with Crippen molar-refractivity contribution in [1.82, 2.24) is 9.97 Å². The molecule has 0 atom stereocenters. The third kappa shape index (κ3) is 3.27. The fraction of sp³-hybridized carbons (Fsp3) is 0.154. The Balaban J connectivity index is 2.36. The zero-order chi connectivity index (χ0) is 14.8. The van der Waals surface area contributed by atoms with Gasteiger partial charge >= 0.3 is 6.18 Å². The molecule has 1 aromatic heterocycles. The number of nitriles is 1. The summed E-state index contributed by atoms with van der Waals surface area (Å²) in [5.41, 5.74) is -0.147. The van der Waals surface area contributed by atoms with Gasteiger partial charge in [-0.15, -0.1) is 0 Å². The quantitative estimate of drug-likeness (QED) is 0.790. The van der Waals surface area contributed by atoms with Crippen LogP contribution in [0.3, 0.4) is 0 Å². The lowest BCUT2D eigenvalue weighted by molar-refractivity contribution is -0.137. The molecule has 7 heteroatoms. The van der Waals surface area contributed by atoms with Crippen LogP contribution in [0.5, 0.6) is 0 Å². The average Bonchev–Trinajstić information content (AvgIpc) is 2.38. The summed E-state index contributed by atoms with van der Waals surface area (Å²) in [5.74, 6) is 0. The molecule has 2 rings (SSSR count). The molecule has 0 saturated carbocycles. The third-order valence-electron chi connectivity index (χ3n) is 2.40. The van der Waals surface area contributed by atoms with Crippen molar-refractivity contribution in [3.05, 3.63) is 47.3 Å². The van der Waals surface area contributed by atoms with Gasteiger partial charge in [-0.3, -0.25) is 0 Å². The Morgan fingerprint density at radius 2 is 2.00 bits per heavy atom. The van der Waals surface area contributed by atoms with Gasteiger partial charge in [-0.1, -0.05) is 0 Å². The monoisotopic (exact) mass is 295 g/mol. The maximum absolute atomic E-state index is 12.6. The second-order valence-corrected chi connectivity index (χ2v) is 4.91. The van der Waals surface area contributed by atoms with Gasteiger partial charge in [0.2, 0.25) is 0 Å². The average molecular weight is 295 g/mol. The molecular weight excluding hydrogens is 287 g/mol. The number of hydrogen-bond acceptors (Lipinski definition) is 4. The molecule has 102 valence electrons. The Morgan fingerprint density at radius 3 is 2.60 bits per heavy atom. The van der Waals surface area contributed by atoms with Crippen molar-refractivity contribution in [2.75, 3.05) is 0 Å². The van der Waals surface area contributed by atoms with E-state index in [0.717, 1.165) is 29.6 Å². The number of aromatic nitrogens is 2. The van der Waals surface area contributed by atoms with Crippen molar-refractivity contribution < 1.29 is 13.2 Å². The molecule has 0 fully saturated rings. The zero-order valence-corrected chi connectivity index (χ0v) is 11.1. The van der Waals surface area contributed by atoms with Crippen LogP contribution >= 0.6 is 11.8 Å². The van der Waals surface area contributed by atoms with E-state index in [9.17, 15) is 13.2 Å². The van der Waals surface area contributed by atoms with E-state index in [0.29, 0.717) is 10.1 Å². The number of aryl methyl sites for hydroxylation is 1. The maximum Gasteiger partial charge on any atom is 0.416 e. The van der Waals surface area contributed by atoms with Crippen molar-refractivity contribution in [2.45, 2.75) is 23.2 Å². The lowest BCUT2D eigenvalue weighted by atomic mass is 10.1. The molecule has 2 aromatic rings. The summed E-state index contributed by atoms with van der Waals surface area (Å²) in [6.07, 6.45) is -2.91. The predicted octanol–water partition coefficient (Wildman–Crippen LogP) is 3.83. The fourth-order valence-electron chi connectivity index (χ4n) is 1.46. The lowest BCUT2D eigenvalue weighted by Crippen LogP contribution is -2.05. The van der Waals surface area contributed by atoms with Crippen molar-refractivity contribution in [1.29, 1.82) is 5.26 Å². The Morgan fingerprint density at radius 1 is 1.25 bits per heavy atom. The number of hydrogen-bond donors (Lipinski definition) is 0. The molecule has 0 amide bonds. The number of nitrogens with zero attached hydrogens (tertiary/aromatic N) is 3. The molecular formula is C13H8F3N3S. The molecule has 0 bridgehead atoms. The molecule has 0 aliphatic carbocycles. The first kappa shape index (κ1) is 14.3. The summed E-state index contributed by atoms with van der Waals surface area (Å²) in [6.45, 7) is 1.78. The van der Waals surface area contributed by atoms with Crippen LogP contribution in [-0.4, -0.2) is 9.97 Å². The van der Waals surface area contributed by atoms with Crippen LogP contribution in [0.15, 0.2) is 40.5 Å². The molecule has 1 heterocycles. The minimum atomic E-state index is -4.46. The smallest absolute Gasteiger partial charge is 0.231 e. The van der Waals surface area contributed by atoms with Gasteiger partial charge in [-0.2, -0.15) is 18.4 Å². The lowest BCUT2D eigenvalue weighted by Gasteiger charge is -2.09. The molecule has 0 saturated heterocycles. The van der Waals surface area contributed by atoms with Crippen molar-refractivity contribution in [3.8, 4) is 6.07 Å². The highest BCUT2D eigenvalue weighted by Crippen LogP contribution is 2.34. The molecule has 0 aliphatic heterocycles. The second kappa shape index (κ2) is 5.51. The Labute approximate surface area is 117 Å². The fourth-order valence-corrected chi connectivity index (χ4v) is 2.31. The van der Waals surface area contributed by atoms with Crippen LogP contribution in [0.25, 0.3) is 0 Å². The van der Waals surface area contributed by atoms with Crippen molar-refractivity contribution in [2.24, 2.45) is 0 Å². The molecule has 0 radical (unpaired) electrons. The Bertz CT molecular complexity index is 677. The minimum absolute atomic E-state index is 0.0464. The highest BCUT2D eigenvalue weighted by Gasteiger charge is 2.31. The number of halogens is 3. The predicted molar refractivity (Wildman–Crippen MR) is 67.1 cm³/mol. The molecule has 0 spiro atoms. The molecule has 0 aliphatic rings. The van der Waals surface area contributed by atoms with Crippen molar-refractivity contribution in [3.63, 3.8) is 0 Å². The summed E-state index contributed by atoms with van der Waals surface area (Å²) >= 11 is 1.06. The number of rotatable bonds is 2. The van der Waals surface area contributed by atoms with E-state index < -0.39 is 11.7 Å². The summed E-state index contributed by atoms with van der Waals surface area (Å²) in [6, 6.07) is 6.51. The van der Waals surface area contributed by atoms with Crippen LogP contribution in [0.4, 0.5) is 13.2 Å². The molecule has 0 unspecified atom stereocenters. The first-order chi connectivity index (χ1) is 9.40. The maximum atomic E-state index is 12.6. The van der Waals surface area contributed by atoms with Crippen LogP contribution in [0.1, 0.15) is 16.8 Å². The van der Waals surface area contributed by atoms with Gasteiger partial charge in [0.25, 0.3) is 0 Å². The molecule has 1 aromatic carbocycles. The van der Waals surface area contributed by atoms with Gasteiger partial charge in [-0.05, 0) is 43.0 Å². The number of benzene rings is 1. The largest absolute Gasteiger partial charge is 0.416 e. The summed E-state index contributed by atoms with van der Waals surface area (Å²) in [7, 11) is 0. The van der Waals surface area contributed by atoms with E-state index in [4.69, 9.17) is 5.26 Å².